The number of aryl methyl sites for hydroxylation is 2. The van der Waals surface area contributed by atoms with Crippen molar-refractivity contribution in [1.29, 1.82) is 0 Å². The van der Waals surface area contributed by atoms with Gasteiger partial charge in [0.2, 0.25) is 10.0 Å². The molecule has 1 unspecified atom stereocenters. The number of methoxy groups -OCH3 is 1. The molecule has 0 saturated carbocycles. The van der Waals surface area contributed by atoms with Gasteiger partial charge in [-0.3, -0.25) is 0 Å². The summed E-state index contributed by atoms with van der Waals surface area (Å²) in [6.45, 7) is 5.64. The summed E-state index contributed by atoms with van der Waals surface area (Å²) in [4.78, 5) is 11.6. The molecule has 0 aliphatic carbocycles. The van der Waals surface area contributed by atoms with Gasteiger partial charge in [0.1, 0.15) is 5.82 Å². The van der Waals surface area contributed by atoms with Crippen LogP contribution in [0, 0.1) is 19.7 Å². The van der Waals surface area contributed by atoms with Gasteiger partial charge >= 0.3 is 5.97 Å². The van der Waals surface area contributed by atoms with Gasteiger partial charge in [0.25, 0.3) is 0 Å². The van der Waals surface area contributed by atoms with Crippen LogP contribution in [0.1, 0.15) is 40.0 Å². The summed E-state index contributed by atoms with van der Waals surface area (Å²) in [6, 6.07) is 8.26. The minimum Gasteiger partial charge on any atom is -0.465 e. The lowest BCUT2D eigenvalue weighted by molar-refractivity contribution is 0.0595. The Labute approximate surface area is 153 Å². The van der Waals surface area contributed by atoms with E-state index >= 15 is 0 Å². The molecule has 0 spiro atoms. The van der Waals surface area contributed by atoms with Crippen molar-refractivity contribution < 1.29 is 22.3 Å². The summed E-state index contributed by atoms with van der Waals surface area (Å²) < 4.78 is 45.4. The smallest absolute Gasteiger partial charge is 0.339 e. The molecule has 0 aliphatic rings. The molecule has 0 heterocycles. The molecular formula is C19H22FNO4S. The Kier molecular flexibility index (Phi) is 5.83. The summed E-state index contributed by atoms with van der Waals surface area (Å²) in [5, 5.41) is 0. The third kappa shape index (κ3) is 3.78. The Bertz CT molecular complexity index is 941. The zero-order valence-corrected chi connectivity index (χ0v) is 16.2. The second-order valence-electron chi connectivity index (χ2n) is 6.19. The quantitative estimate of drug-likeness (QED) is 0.745. The highest BCUT2D eigenvalue weighted by molar-refractivity contribution is 7.89. The summed E-state index contributed by atoms with van der Waals surface area (Å²) in [5.41, 5.74) is 2.57. The number of hydrogen-bond acceptors (Lipinski definition) is 4. The van der Waals surface area contributed by atoms with Crippen molar-refractivity contribution in [2.24, 2.45) is 0 Å². The molecule has 1 atom stereocenters. The Morgan fingerprint density at radius 3 is 2.38 bits per heavy atom. The van der Waals surface area contributed by atoms with E-state index in [1.807, 2.05) is 32.0 Å². The summed E-state index contributed by atoms with van der Waals surface area (Å²) in [6.07, 6.45) is 0. The van der Waals surface area contributed by atoms with Crippen molar-refractivity contribution in [3.63, 3.8) is 0 Å². The fraction of sp³-hybridized carbons (Fsp3) is 0.316. The predicted octanol–water partition coefficient (Wildman–Crippen LogP) is 3.61. The van der Waals surface area contributed by atoms with Crippen LogP contribution >= 0.6 is 0 Å². The number of ether oxygens (including phenoxy) is 1. The van der Waals surface area contributed by atoms with Crippen LogP contribution in [0.5, 0.6) is 0 Å². The van der Waals surface area contributed by atoms with E-state index in [-0.39, 0.29) is 10.5 Å². The van der Waals surface area contributed by atoms with Gasteiger partial charge in [0.15, 0.2) is 0 Å². The van der Waals surface area contributed by atoms with Crippen LogP contribution in [-0.4, -0.2) is 32.8 Å². The highest BCUT2D eigenvalue weighted by Gasteiger charge is 2.31. The van der Waals surface area contributed by atoms with Crippen LogP contribution in [0.4, 0.5) is 4.39 Å². The average molecular weight is 379 g/mol. The second kappa shape index (κ2) is 7.55. The first-order valence-electron chi connectivity index (χ1n) is 8.02. The van der Waals surface area contributed by atoms with Crippen molar-refractivity contribution in [1.82, 2.24) is 4.31 Å². The summed E-state index contributed by atoms with van der Waals surface area (Å²) >= 11 is 0. The Hall–Kier alpha value is -2.25. The fourth-order valence-corrected chi connectivity index (χ4v) is 4.35. The van der Waals surface area contributed by atoms with Gasteiger partial charge in [-0.25, -0.2) is 17.6 Å². The van der Waals surface area contributed by atoms with E-state index in [4.69, 9.17) is 0 Å². The number of hydrogen-bond donors (Lipinski definition) is 0. The van der Waals surface area contributed by atoms with Crippen molar-refractivity contribution in [3.05, 3.63) is 64.5 Å². The van der Waals surface area contributed by atoms with Crippen molar-refractivity contribution >= 4 is 16.0 Å². The Balaban J connectivity index is 2.51. The van der Waals surface area contributed by atoms with Crippen LogP contribution in [0.2, 0.25) is 0 Å². The molecule has 0 N–H and O–H groups in total. The second-order valence-corrected chi connectivity index (χ2v) is 8.16. The van der Waals surface area contributed by atoms with Crippen LogP contribution in [0.15, 0.2) is 41.3 Å². The molecule has 0 radical (unpaired) electrons. The number of benzene rings is 2. The highest BCUT2D eigenvalue weighted by Crippen LogP contribution is 2.30. The number of esters is 1. The van der Waals surface area contributed by atoms with Gasteiger partial charge in [-0.15, -0.1) is 0 Å². The van der Waals surface area contributed by atoms with E-state index in [9.17, 15) is 17.6 Å². The molecule has 0 aromatic heterocycles. The SMILES string of the molecule is COC(=O)c1cc(F)ccc1S(=O)(=O)N(C)C(C)c1ccc(C)cc1C. The number of nitrogens with zero attached hydrogens (tertiary/aromatic N) is 1. The van der Waals surface area contributed by atoms with Gasteiger partial charge in [0.05, 0.1) is 17.6 Å². The molecule has 26 heavy (non-hydrogen) atoms. The lowest BCUT2D eigenvalue weighted by Crippen LogP contribution is -2.31. The molecule has 5 nitrogen and oxygen atoms in total. The molecular weight excluding hydrogens is 357 g/mol. The number of rotatable bonds is 5. The third-order valence-corrected chi connectivity index (χ3v) is 6.41. The molecule has 0 bridgehead atoms. The monoisotopic (exact) mass is 379 g/mol. The average Bonchev–Trinajstić information content (AvgIpc) is 2.59. The lowest BCUT2D eigenvalue weighted by atomic mass is 10.0. The van der Waals surface area contributed by atoms with E-state index in [0.717, 1.165) is 42.0 Å². The number of halogens is 1. The normalized spacial score (nSPS) is 12.9. The minimum absolute atomic E-state index is 0.287. The van der Waals surface area contributed by atoms with E-state index in [2.05, 4.69) is 4.74 Å². The Morgan fingerprint density at radius 2 is 1.81 bits per heavy atom. The van der Waals surface area contributed by atoms with E-state index in [1.165, 1.54) is 11.4 Å². The molecule has 7 heteroatoms. The first kappa shape index (κ1) is 20.1. The van der Waals surface area contributed by atoms with Crippen molar-refractivity contribution in [2.45, 2.75) is 31.7 Å². The van der Waals surface area contributed by atoms with Crippen molar-refractivity contribution in [2.75, 3.05) is 14.2 Å². The van der Waals surface area contributed by atoms with Crippen LogP contribution in [0.25, 0.3) is 0 Å². The number of sulfonamides is 1. The minimum atomic E-state index is -4.05. The number of carbonyl (C=O) groups is 1. The topological polar surface area (TPSA) is 63.7 Å². The van der Waals surface area contributed by atoms with E-state index in [0.29, 0.717) is 0 Å². The Morgan fingerprint density at radius 1 is 1.15 bits per heavy atom. The molecule has 0 fully saturated rings. The van der Waals surface area contributed by atoms with Gasteiger partial charge in [-0.2, -0.15) is 4.31 Å². The lowest BCUT2D eigenvalue weighted by Gasteiger charge is -2.26. The molecule has 0 amide bonds. The standard InChI is InChI=1S/C19H22FNO4S/c1-12-6-8-16(13(2)10-12)14(3)21(4)26(23,24)18-9-7-15(20)11-17(18)19(22)25-5/h6-11,14H,1-5H3. The van der Waals surface area contributed by atoms with Crippen molar-refractivity contribution in [3.8, 4) is 0 Å². The molecule has 0 saturated heterocycles. The van der Waals surface area contributed by atoms with Crippen LogP contribution in [-0.2, 0) is 14.8 Å². The van der Waals surface area contributed by atoms with E-state index in [1.54, 1.807) is 6.92 Å². The fourth-order valence-electron chi connectivity index (χ4n) is 2.85. The largest absolute Gasteiger partial charge is 0.465 e. The molecule has 2 rings (SSSR count). The van der Waals surface area contributed by atoms with Crippen LogP contribution in [0.3, 0.4) is 0 Å². The zero-order valence-electron chi connectivity index (χ0n) is 15.4. The van der Waals surface area contributed by atoms with Gasteiger partial charge in [0, 0.05) is 13.1 Å². The summed E-state index contributed by atoms with van der Waals surface area (Å²) in [5.74, 6) is -1.62. The molecule has 2 aromatic carbocycles. The van der Waals surface area contributed by atoms with E-state index < -0.39 is 27.9 Å². The first-order valence-corrected chi connectivity index (χ1v) is 9.46. The predicted molar refractivity (Wildman–Crippen MR) is 97.0 cm³/mol. The molecule has 0 aliphatic heterocycles. The van der Waals surface area contributed by atoms with Gasteiger partial charge < -0.3 is 4.74 Å². The van der Waals surface area contributed by atoms with Crippen LogP contribution < -0.4 is 0 Å². The highest BCUT2D eigenvalue weighted by atomic mass is 32.2. The summed E-state index contributed by atoms with van der Waals surface area (Å²) in [7, 11) is -1.50. The maximum Gasteiger partial charge on any atom is 0.339 e. The molecule has 140 valence electrons. The molecule has 2 aromatic rings. The third-order valence-electron chi connectivity index (χ3n) is 4.42. The number of carbonyl (C=O) groups excluding carboxylic acids is 1. The van der Waals surface area contributed by atoms with Gasteiger partial charge in [-0.05, 0) is 50.1 Å². The zero-order chi connectivity index (χ0) is 19.6. The maximum absolute atomic E-state index is 13.5. The first-order chi connectivity index (χ1) is 12.1. The maximum atomic E-state index is 13.5. The van der Waals surface area contributed by atoms with Gasteiger partial charge in [-0.1, -0.05) is 23.8 Å².